The van der Waals surface area contributed by atoms with Gasteiger partial charge in [-0.25, -0.2) is 4.79 Å². The van der Waals surface area contributed by atoms with E-state index in [2.05, 4.69) is 24.5 Å². The summed E-state index contributed by atoms with van der Waals surface area (Å²) in [5.74, 6) is -3.68. The molecule has 0 aromatic heterocycles. The number of rotatable bonds is 21. The van der Waals surface area contributed by atoms with Gasteiger partial charge in [-0.3, -0.25) is 19.2 Å². The molecule has 1 saturated heterocycles. The number of nitrogens with one attached hydrogen (secondary N) is 2. The quantitative estimate of drug-likeness (QED) is 0.0763. The second kappa shape index (κ2) is 22.2. The summed E-state index contributed by atoms with van der Waals surface area (Å²) in [4.78, 5) is 66.6. The summed E-state index contributed by atoms with van der Waals surface area (Å²) in [6, 6.07) is 4.31. The third-order valence-electron chi connectivity index (χ3n) is 9.79. The second-order valence-corrected chi connectivity index (χ2v) is 16.2. The van der Waals surface area contributed by atoms with Crippen molar-refractivity contribution in [3.63, 3.8) is 0 Å². The Labute approximate surface area is 337 Å². The van der Waals surface area contributed by atoms with Crippen LogP contribution < -0.4 is 10.6 Å². The third kappa shape index (κ3) is 15.0. The topological polar surface area (TPSA) is 190 Å². The molecule has 3 rings (SSSR count). The monoisotopic (exact) mass is 799 g/mol. The van der Waals surface area contributed by atoms with Crippen LogP contribution in [0.5, 0.6) is 0 Å². The van der Waals surface area contributed by atoms with E-state index in [1.807, 2.05) is 0 Å². The van der Waals surface area contributed by atoms with Crippen molar-refractivity contribution in [2.45, 2.75) is 160 Å². The van der Waals surface area contributed by atoms with Crippen molar-refractivity contribution in [2.75, 3.05) is 20.7 Å². The van der Waals surface area contributed by atoms with Crippen LogP contribution in [0.3, 0.4) is 0 Å². The van der Waals surface area contributed by atoms with E-state index in [0.29, 0.717) is 18.4 Å². The van der Waals surface area contributed by atoms with E-state index in [1.165, 1.54) is 17.9 Å². The molecule has 1 aliphatic heterocycles. The highest BCUT2D eigenvalue weighted by molar-refractivity contribution is 5.98. The smallest absolute Gasteiger partial charge is 0.338 e. The summed E-state index contributed by atoms with van der Waals surface area (Å²) in [5.41, 5.74) is 0.462. The van der Waals surface area contributed by atoms with E-state index in [1.54, 1.807) is 71.3 Å². The van der Waals surface area contributed by atoms with Gasteiger partial charge in [0.15, 0.2) is 5.79 Å². The Morgan fingerprint density at radius 1 is 0.982 bits per heavy atom. The Bertz CT molecular complexity index is 1550. The summed E-state index contributed by atoms with van der Waals surface area (Å²) < 4.78 is 24.8. The van der Waals surface area contributed by atoms with Crippen molar-refractivity contribution in [1.82, 2.24) is 15.5 Å². The van der Waals surface area contributed by atoms with Gasteiger partial charge in [0.25, 0.3) is 0 Å². The predicted octanol–water partition coefficient (Wildman–Crippen LogP) is 4.75. The zero-order chi connectivity index (χ0) is 42.3. The lowest BCUT2D eigenvalue weighted by atomic mass is 9.91. The molecule has 57 heavy (non-hydrogen) atoms. The maximum atomic E-state index is 13.9. The molecule has 14 heteroatoms. The molecule has 4 N–H and O–H groups in total. The van der Waals surface area contributed by atoms with E-state index in [9.17, 15) is 34.2 Å². The largest absolute Gasteiger partial charge is 0.460 e. The van der Waals surface area contributed by atoms with Crippen LogP contribution in [0.25, 0.3) is 6.08 Å². The second-order valence-electron chi connectivity index (χ2n) is 16.2. The van der Waals surface area contributed by atoms with E-state index in [-0.39, 0.29) is 36.3 Å². The highest BCUT2D eigenvalue weighted by atomic mass is 16.8. The van der Waals surface area contributed by atoms with Crippen molar-refractivity contribution in [3.05, 3.63) is 53.1 Å². The van der Waals surface area contributed by atoms with Gasteiger partial charge in [-0.05, 0) is 76.8 Å². The number of esters is 2. The standard InChI is InChI=1S/C43H65N3O11/c1-9-11-13-23-43(24-14-12-10-2)55-34-26-31(39(51)45-37(28(3)48)40(52)44-32(27-47)20-22-36(50)56-42(4,5)6)25-33(38(34)57-43)54-41(53)30-18-15-29(16-19-30)17-21-35(49)46(7)8/h15-19,21,26,28,32-34,37-38,47-48H,9-14,20,22-25,27H2,1-8H3,(H,44,52)(H,45,51). The Hall–Kier alpha value is -4.11. The van der Waals surface area contributed by atoms with Crippen molar-refractivity contribution < 1.29 is 53.1 Å². The Kier molecular flexibility index (Phi) is 18.4. The zero-order valence-electron chi connectivity index (χ0n) is 35.0. The SMILES string of the molecule is CCCCCC1(CCCCC)OC2C=C(C(=O)NC(C(=O)NC(CO)CCC(=O)OC(C)(C)C)C(C)O)CC(OC(=O)c3ccc(C=CC(=O)N(C)C)cc3)C2O1. The molecule has 1 fully saturated rings. The van der Waals surface area contributed by atoms with Crippen LogP contribution in [0.2, 0.25) is 0 Å². The third-order valence-corrected chi connectivity index (χ3v) is 9.79. The summed E-state index contributed by atoms with van der Waals surface area (Å²) >= 11 is 0. The van der Waals surface area contributed by atoms with Crippen molar-refractivity contribution in [3.8, 4) is 0 Å². The number of nitrogens with zero attached hydrogens (tertiary/aromatic N) is 1. The van der Waals surface area contributed by atoms with Crippen molar-refractivity contribution in [2.24, 2.45) is 0 Å². The first-order valence-electron chi connectivity index (χ1n) is 20.3. The number of aliphatic hydroxyl groups excluding tert-OH is 2. The molecule has 14 nitrogen and oxygen atoms in total. The lowest BCUT2D eigenvalue weighted by Crippen LogP contribution is -2.55. The molecule has 2 aliphatic rings. The van der Waals surface area contributed by atoms with Gasteiger partial charge in [-0.1, -0.05) is 51.7 Å². The summed E-state index contributed by atoms with van der Waals surface area (Å²) in [5, 5.41) is 25.8. The molecule has 1 aliphatic carbocycles. The Morgan fingerprint density at radius 2 is 1.61 bits per heavy atom. The average Bonchev–Trinajstić information content (AvgIpc) is 3.52. The Balaban J connectivity index is 1.85. The minimum absolute atomic E-state index is 0.0567. The number of amides is 3. The molecule has 0 bridgehead atoms. The molecule has 1 heterocycles. The first-order valence-corrected chi connectivity index (χ1v) is 20.3. The summed E-state index contributed by atoms with van der Waals surface area (Å²) in [7, 11) is 3.31. The van der Waals surface area contributed by atoms with Crippen LogP contribution in [0.1, 0.15) is 128 Å². The maximum absolute atomic E-state index is 13.9. The van der Waals surface area contributed by atoms with E-state index in [4.69, 9.17) is 18.9 Å². The van der Waals surface area contributed by atoms with Gasteiger partial charge in [-0.15, -0.1) is 0 Å². The van der Waals surface area contributed by atoms with Gasteiger partial charge in [0.2, 0.25) is 17.7 Å². The van der Waals surface area contributed by atoms with Crippen LogP contribution in [-0.2, 0) is 38.1 Å². The lowest BCUT2D eigenvalue weighted by Gasteiger charge is -2.31. The molecular formula is C43H65N3O11. The fraction of sp³-hybridized carbons (Fsp3) is 0.651. The van der Waals surface area contributed by atoms with E-state index in [0.717, 1.165) is 38.5 Å². The highest BCUT2D eigenvalue weighted by Crippen LogP contribution is 2.43. The van der Waals surface area contributed by atoms with Gasteiger partial charge in [0.05, 0.1) is 24.3 Å². The minimum atomic E-state index is -1.42. The molecule has 6 unspecified atom stereocenters. The predicted molar refractivity (Wildman–Crippen MR) is 215 cm³/mol. The minimum Gasteiger partial charge on any atom is -0.460 e. The van der Waals surface area contributed by atoms with Crippen LogP contribution in [0, 0.1) is 0 Å². The molecule has 318 valence electrons. The number of fused-ring (bicyclic) bond motifs is 1. The number of likely N-dealkylation sites (N-methyl/N-ethyl adjacent to an activating group) is 1. The van der Waals surface area contributed by atoms with E-state index >= 15 is 0 Å². The highest BCUT2D eigenvalue weighted by Gasteiger charge is 2.52. The number of aliphatic hydroxyl groups is 2. The summed E-state index contributed by atoms with van der Waals surface area (Å²) in [6.45, 7) is 10.3. The van der Waals surface area contributed by atoms with Crippen molar-refractivity contribution in [1.29, 1.82) is 0 Å². The number of hydrogen-bond donors (Lipinski definition) is 4. The van der Waals surface area contributed by atoms with Gasteiger partial charge in [0, 0.05) is 51.4 Å². The van der Waals surface area contributed by atoms with Gasteiger partial charge >= 0.3 is 11.9 Å². The first-order chi connectivity index (χ1) is 26.9. The van der Waals surface area contributed by atoms with Crippen LogP contribution in [0.15, 0.2) is 42.0 Å². The number of carbonyl (C=O) groups is 5. The first kappa shape index (κ1) is 47.3. The lowest BCUT2D eigenvalue weighted by molar-refractivity contribution is -0.190. The van der Waals surface area contributed by atoms with Gasteiger partial charge in [0.1, 0.15) is 30.0 Å². The fourth-order valence-electron chi connectivity index (χ4n) is 6.68. The summed E-state index contributed by atoms with van der Waals surface area (Å²) in [6.07, 6.45) is 7.91. The molecule has 3 amide bonds. The number of benzene rings is 1. The molecule has 1 aromatic carbocycles. The molecule has 0 radical (unpaired) electrons. The zero-order valence-corrected chi connectivity index (χ0v) is 35.0. The molecule has 1 aromatic rings. The maximum Gasteiger partial charge on any atom is 0.338 e. The Morgan fingerprint density at radius 3 is 2.16 bits per heavy atom. The van der Waals surface area contributed by atoms with Crippen molar-refractivity contribution >= 4 is 35.7 Å². The van der Waals surface area contributed by atoms with Gasteiger partial charge < -0.3 is 44.7 Å². The number of unbranched alkanes of at least 4 members (excludes halogenated alkanes) is 4. The molecule has 0 saturated carbocycles. The fourth-order valence-corrected chi connectivity index (χ4v) is 6.68. The normalized spacial score (nSPS) is 20.5. The van der Waals surface area contributed by atoms with Crippen LogP contribution >= 0.6 is 0 Å². The molecule has 0 spiro atoms. The average molecular weight is 800 g/mol. The molecular weight excluding hydrogens is 734 g/mol. The number of hydrogen-bond acceptors (Lipinski definition) is 11. The van der Waals surface area contributed by atoms with E-state index < -0.39 is 78.2 Å². The van der Waals surface area contributed by atoms with Gasteiger partial charge in [-0.2, -0.15) is 0 Å². The van der Waals surface area contributed by atoms with Crippen LogP contribution in [0.4, 0.5) is 0 Å². The number of ether oxygens (including phenoxy) is 4. The van der Waals surface area contributed by atoms with Crippen LogP contribution in [-0.4, -0.2) is 113 Å². The number of carbonyl (C=O) groups excluding carboxylic acids is 5. The molecule has 6 atom stereocenters.